The van der Waals surface area contributed by atoms with Crippen LogP contribution in [-0.4, -0.2) is 29.9 Å². The zero-order valence-electron chi connectivity index (χ0n) is 11.4. The average molecular weight is 351 g/mol. The van der Waals surface area contributed by atoms with Crippen LogP contribution in [0, 0.1) is 0 Å². The smallest absolute Gasteiger partial charge is 0.223 e. The van der Waals surface area contributed by atoms with Crippen LogP contribution in [0.15, 0.2) is 28.2 Å². The van der Waals surface area contributed by atoms with Crippen LogP contribution >= 0.6 is 35.6 Å². The first-order valence-corrected chi connectivity index (χ1v) is 7.20. The fourth-order valence-corrected chi connectivity index (χ4v) is 2.48. The number of hydrogen-bond acceptors (Lipinski definition) is 1. The summed E-state index contributed by atoms with van der Waals surface area (Å²) in [6.07, 6.45) is 3.47. The van der Waals surface area contributed by atoms with Gasteiger partial charge in [-0.2, -0.15) is 4.99 Å². The molecule has 5 nitrogen and oxygen atoms in total. The van der Waals surface area contributed by atoms with E-state index < -0.39 is 0 Å². The Balaban J connectivity index is 0.00000220. The van der Waals surface area contributed by atoms with Crippen molar-refractivity contribution in [1.29, 1.82) is 0 Å². The van der Waals surface area contributed by atoms with Crippen LogP contribution in [0.3, 0.4) is 0 Å². The number of rotatable bonds is 1. The van der Waals surface area contributed by atoms with Crippen molar-refractivity contribution in [1.82, 2.24) is 4.90 Å². The molecule has 4 N–H and O–H groups in total. The van der Waals surface area contributed by atoms with Crippen LogP contribution in [0.5, 0.6) is 0 Å². The molecule has 0 amide bonds. The summed E-state index contributed by atoms with van der Waals surface area (Å²) in [6.45, 7) is 1.81. The van der Waals surface area contributed by atoms with Crippen molar-refractivity contribution in [2.24, 2.45) is 21.5 Å². The molecule has 1 fully saturated rings. The van der Waals surface area contributed by atoms with E-state index in [0.29, 0.717) is 21.7 Å². The van der Waals surface area contributed by atoms with Crippen molar-refractivity contribution < 1.29 is 0 Å². The predicted molar refractivity (Wildman–Crippen MR) is 92.0 cm³/mol. The molecule has 0 radical (unpaired) electrons. The van der Waals surface area contributed by atoms with Gasteiger partial charge in [-0.05, 0) is 37.5 Å². The standard InChI is InChI=1S/C13H17Cl2N5.ClH/c14-9-4-5-11(10(15)8-9)18-12(16)19-13(17)20-6-2-1-3-7-20;/h4-5,8H,1-3,6-7H2,(H4,16,17,18,19);1H. The molecule has 0 bridgehead atoms. The van der Waals surface area contributed by atoms with E-state index in [9.17, 15) is 0 Å². The van der Waals surface area contributed by atoms with Gasteiger partial charge in [0.15, 0.2) is 5.96 Å². The summed E-state index contributed by atoms with van der Waals surface area (Å²) in [6, 6.07) is 4.98. The SMILES string of the molecule is Cl.NC(=Nc1ccc(Cl)cc1Cl)/N=C(/N)N1CCCCC1. The van der Waals surface area contributed by atoms with Gasteiger partial charge in [0.1, 0.15) is 0 Å². The number of aliphatic imine (C=N–C) groups is 2. The Kier molecular flexibility index (Phi) is 7.08. The van der Waals surface area contributed by atoms with Gasteiger partial charge in [-0.15, -0.1) is 12.4 Å². The summed E-state index contributed by atoms with van der Waals surface area (Å²) < 4.78 is 0. The highest BCUT2D eigenvalue weighted by Crippen LogP contribution is 2.27. The van der Waals surface area contributed by atoms with E-state index in [-0.39, 0.29) is 18.4 Å². The number of nitrogens with two attached hydrogens (primary N) is 2. The number of guanidine groups is 2. The molecule has 1 aliphatic rings. The maximum Gasteiger partial charge on any atom is 0.223 e. The summed E-state index contributed by atoms with van der Waals surface area (Å²) in [7, 11) is 0. The summed E-state index contributed by atoms with van der Waals surface area (Å²) in [5.74, 6) is 0.480. The molecule has 0 spiro atoms. The maximum absolute atomic E-state index is 6.02. The van der Waals surface area contributed by atoms with Crippen molar-refractivity contribution in [3.05, 3.63) is 28.2 Å². The highest BCUT2D eigenvalue weighted by atomic mass is 35.5. The van der Waals surface area contributed by atoms with Crippen molar-refractivity contribution in [3.63, 3.8) is 0 Å². The van der Waals surface area contributed by atoms with Gasteiger partial charge in [-0.1, -0.05) is 23.2 Å². The molecule has 2 rings (SSSR count). The molecule has 0 saturated carbocycles. The van der Waals surface area contributed by atoms with E-state index in [1.54, 1.807) is 18.2 Å². The van der Waals surface area contributed by atoms with Crippen LogP contribution in [0.1, 0.15) is 19.3 Å². The van der Waals surface area contributed by atoms with Gasteiger partial charge < -0.3 is 16.4 Å². The first-order chi connectivity index (χ1) is 9.56. The molecular formula is C13H18Cl3N5. The zero-order chi connectivity index (χ0) is 14.5. The molecule has 0 atom stereocenters. The fraction of sp³-hybridized carbons (Fsp3) is 0.385. The van der Waals surface area contributed by atoms with Crippen LogP contribution in [0.25, 0.3) is 0 Å². The van der Waals surface area contributed by atoms with Crippen LogP contribution in [0.2, 0.25) is 10.0 Å². The molecule has 0 unspecified atom stereocenters. The second kappa shape index (κ2) is 8.32. The minimum absolute atomic E-state index is 0. The van der Waals surface area contributed by atoms with Crippen LogP contribution in [-0.2, 0) is 0 Å². The quantitative estimate of drug-likeness (QED) is 0.603. The molecule has 1 saturated heterocycles. The number of halogens is 3. The Morgan fingerprint density at radius 3 is 2.38 bits per heavy atom. The van der Waals surface area contributed by atoms with E-state index in [0.717, 1.165) is 25.9 Å². The maximum atomic E-state index is 6.02. The third kappa shape index (κ3) is 5.26. The highest BCUT2D eigenvalue weighted by Gasteiger charge is 2.12. The molecule has 0 aliphatic carbocycles. The summed E-state index contributed by atoms with van der Waals surface area (Å²) in [5.41, 5.74) is 12.2. The third-order valence-electron chi connectivity index (χ3n) is 3.05. The van der Waals surface area contributed by atoms with E-state index in [1.165, 1.54) is 6.42 Å². The summed E-state index contributed by atoms with van der Waals surface area (Å²) in [5, 5.41) is 0.969. The molecule has 8 heteroatoms. The Bertz CT molecular complexity index is 539. The Morgan fingerprint density at radius 2 is 1.76 bits per heavy atom. The normalized spacial score (nSPS) is 16.6. The first-order valence-electron chi connectivity index (χ1n) is 6.44. The van der Waals surface area contributed by atoms with Gasteiger partial charge in [0.2, 0.25) is 5.96 Å². The van der Waals surface area contributed by atoms with Crippen LogP contribution in [0.4, 0.5) is 5.69 Å². The number of piperidine rings is 1. The largest absolute Gasteiger partial charge is 0.369 e. The Hall–Kier alpha value is -1.17. The van der Waals surface area contributed by atoms with Gasteiger partial charge in [-0.25, -0.2) is 4.99 Å². The number of nitrogens with zero attached hydrogens (tertiary/aromatic N) is 3. The van der Waals surface area contributed by atoms with Gasteiger partial charge in [0.05, 0.1) is 10.7 Å². The lowest BCUT2D eigenvalue weighted by atomic mass is 10.1. The van der Waals surface area contributed by atoms with E-state index in [2.05, 4.69) is 9.98 Å². The molecular weight excluding hydrogens is 333 g/mol. The molecule has 116 valence electrons. The van der Waals surface area contributed by atoms with Gasteiger partial charge in [0.25, 0.3) is 0 Å². The molecule has 1 heterocycles. The van der Waals surface area contributed by atoms with Crippen molar-refractivity contribution >= 4 is 53.2 Å². The summed E-state index contributed by atoms with van der Waals surface area (Å²) >= 11 is 11.8. The number of benzene rings is 1. The Labute approximate surface area is 140 Å². The zero-order valence-corrected chi connectivity index (χ0v) is 13.8. The minimum atomic E-state index is 0. The minimum Gasteiger partial charge on any atom is -0.369 e. The van der Waals surface area contributed by atoms with E-state index in [4.69, 9.17) is 34.7 Å². The van der Waals surface area contributed by atoms with Crippen molar-refractivity contribution in [3.8, 4) is 0 Å². The van der Waals surface area contributed by atoms with Crippen LogP contribution < -0.4 is 11.5 Å². The second-order valence-corrected chi connectivity index (χ2v) is 5.43. The summed E-state index contributed by atoms with van der Waals surface area (Å²) in [4.78, 5) is 10.3. The van der Waals surface area contributed by atoms with E-state index in [1.807, 2.05) is 4.90 Å². The topological polar surface area (TPSA) is 80.0 Å². The third-order valence-corrected chi connectivity index (χ3v) is 3.59. The molecule has 1 aromatic rings. The molecule has 1 aliphatic heterocycles. The monoisotopic (exact) mass is 349 g/mol. The lowest BCUT2D eigenvalue weighted by molar-refractivity contribution is 0.339. The predicted octanol–water partition coefficient (Wildman–Crippen LogP) is 3.16. The molecule has 0 aromatic heterocycles. The number of likely N-dealkylation sites (tertiary alicyclic amines) is 1. The lowest BCUT2D eigenvalue weighted by Crippen LogP contribution is -2.41. The van der Waals surface area contributed by atoms with Gasteiger partial charge in [0, 0.05) is 18.1 Å². The molecule has 21 heavy (non-hydrogen) atoms. The average Bonchev–Trinajstić information content (AvgIpc) is 2.43. The number of hydrogen-bond donors (Lipinski definition) is 2. The van der Waals surface area contributed by atoms with Gasteiger partial charge >= 0.3 is 0 Å². The Morgan fingerprint density at radius 1 is 1.10 bits per heavy atom. The van der Waals surface area contributed by atoms with Crippen molar-refractivity contribution in [2.45, 2.75) is 19.3 Å². The van der Waals surface area contributed by atoms with Gasteiger partial charge in [-0.3, -0.25) is 0 Å². The van der Waals surface area contributed by atoms with Crippen molar-refractivity contribution in [2.75, 3.05) is 13.1 Å². The fourth-order valence-electron chi connectivity index (χ4n) is 2.03. The first kappa shape index (κ1) is 17.9. The van der Waals surface area contributed by atoms with E-state index >= 15 is 0 Å². The molecule has 1 aromatic carbocycles. The highest BCUT2D eigenvalue weighted by molar-refractivity contribution is 6.36. The lowest BCUT2D eigenvalue weighted by Gasteiger charge is -2.27. The second-order valence-electron chi connectivity index (χ2n) is 4.58.